The number of carbonyl (C=O) groups is 1. The number of alkyl halides is 1. The van der Waals surface area contributed by atoms with Gasteiger partial charge < -0.3 is 15.0 Å². The molecule has 1 N–H and O–H groups in total. The van der Waals surface area contributed by atoms with E-state index in [2.05, 4.69) is 36.2 Å². The summed E-state index contributed by atoms with van der Waals surface area (Å²) in [5.74, 6) is 0.648. The molecular weight excluding hydrogens is 403 g/mol. The van der Waals surface area contributed by atoms with E-state index in [0.717, 1.165) is 70.3 Å². The van der Waals surface area contributed by atoms with Crippen molar-refractivity contribution in [1.82, 2.24) is 10.2 Å². The fraction of sp³-hybridized carbons (Fsp3) is 0.741. The van der Waals surface area contributed by atoms with Gasteiger partial charge in [0.25, 0.3) is 0 Å². The first kappa shape index (κ1) is 23.7. The minimum atomic E-state index is -1.30. The summed E-state index contributed by atoms with van der Waals surface area (Å²) in [4.78, 5) is 15.8. The topological polar surface area (TPSA) is 41.6 Å². The number of amides is 1. The van der Waals surface area contributed by atoms with Crippen LogP contribution >= 0.6 is 0 Å². The third-order valence-electron chi connectivity index (χ3n) is 8.10. The van der Waals surface area contributed by atoms with Gasteiger partial charge in [-0.2, -0.15) is 0 Å². The van der Waals surface area contributed by atoms with Gasteiger partial charge in [-0.3, -0.25) is 4.79 Å². The molecule has 0 aromatic heterocycles. The van der Waals surface area contributed by atoms with Crippen LogP contribution in [0.3, 0.4) is 0 Å². The Hall–Kier alpha value is -1.46. The zero-order chi connectivity index (χ0) is 22.7. The van der Waals surface area contributed by atoms with Gasteiger partial charge in [-0.1, -0.05) is 49.6 Å². The van der Waals surface area contributed by atoms with Crippen molar-refractivity contribution in [3.63, 3.8) is 0 Å². The molecule has 1 aliphatic carbocycles. The molecule has 2 heterocycles. The van der Waals surface area contributed by atoms with Gasteiger partial charge in [0.05, 0.1) is 17.6 Å². The molecule has 0 radical (unpaired) electrons. The van der Waals surface area contributed by atoms with Crippen molar-refractivity contribution >= 4 is 5.91 Å². The third-order valence-corrected chi connectivity index (χ3v) is 8.10. The number of nitrogens with one attached hydrogen (secondary N) is 1. The van der Waals surface area contributed by atoms with Crippen LogP contribution in [0.4, 0.5) is 4.39 Å². The summed E-state index contributed by atoms with van der Waals surface area (Å²) in [6, 6.07) is 10.1. The van der Waals surface area contributed by atoms with Crippen molar-refractivity contribution in [1.29, 1.82) is 0 Å². The maximum Gasteiger partial charge on any atom is 0.230 e. The second kappa shape index (κ2) is 9.80. The van der Waals surface area contributed by atoms with Crippen molar-refractivity contribution in [3.8, 4) is 0 Å². The number of carbonyl (C=O) groups excluding carboxylic acids is 1. The minimum Gasteiger partial charge on any atom is -0.376 e. The van der Waals surface area contributed by atoms with Gasteiger partial charge in [0.2, 0.25) is 5.91 Å². The predicted molar refractivity (Wildman–Crippen MR) is 126 cm³/mol. The Bertz CT molecular complexity index is 752. The van der Waals surface area contributed by atoms with Crippen molar-refractivity contribution < 1.29 is 13.9 Å². The predicted octanol–water partition coefficient (Wildman–Crippen LogP) is 5.01. The molecule has 1 aromatic carbocycles. The van der Waals surface area contributed by atoms with Crippen LogP contribution < -0.4 is 5.32 Å². The van der Waals surface area contributed by atoms with Crippen LogP contribution in [-0.4, -0.2) is 54.9 Å². The zero-order valence-corrected chi connectivity index (χ0v) is 20.0. The molecule has 1 unspecified atom stereocenters. The Morgan fingerprint density at radius 1 is 1.09 bits per heavy atom. The van der Waals surface area contributed by atoms with Gasteiger partial charge in [-0.05, 0) is 63.9 Å². The van der Waals surface area contributed by atoms with Gasteiger partial charge in [0.1, 0.15) is 5.67 Å². The lowest BCUT2D eigenvalue weighted by Crippen LogP contribution is -2.53. The Morgan fingerprint density at radius 3 is 2.44 bits per heavy atom. The molecule has 1 saturated carbocycles. The number of hydrogen-bond acceptors (Lipinski definition) is 3. The number of ether oxygens (including phenoxy) is 1. The van der Waals surface area contributed by atoms with Gasteiger partial charge in [0, 0.05) is 26.2 Å². The quantitative estimate of drug-likeness (QED) is 0.670. The lowest BCUT2D eigenvalue weighted by Gasteiger charge is -2.42. The van der Waals surface area contributed by atoms with Gasteiger partial charge >= 0.3 is 0 Å². The van der Waals surface area contributed by atoms with Crippen molar-refractivity contribution in [3.05, 3.63) is 35.9 Å². The number of likely N-dealkylation sites (tertiary alicyclic amines) is 1. The Kier molecular flexibility index (Phi) is 7.26. The van der Waals surface area contributed by atoms with Crippen molar-refractivity contribution in [2.24, 2.45) is 5.92 Å². The number of piperidine rings is 1. The molecular formula is C27H41FN2O2. The van der Waals surface area contributed by atoms with Crippen LogP contribution in [0, 0.1) is 5.92 Å². The van der Waals surface area contributed by atoms with E-state index in [1.54, 1.807) is 0 Å². The molecule has 5 heteroatoms. The normalized spacial score (nSPS) is 27.5. The molecule has 1 amide bonds. The van der Waals surface area contributed by atoms with Crippen LogP contribution in [0.2, 0.25) is 0 Å². The summed E-state index contributed by atoms with van der Waals surface area (Å²) < 4.78 is 21.5. The average Bonchev–Trinajstić information content (AvgIpc) is 2.80. The number of hydrogen-bond donors (Lipinski definition) is 1. The van der Waals surface area contributed by atoms with Gasteiger partial charge in [-0.25, -0.2) is 4.39 Å². The van der Waals surface area contributed by atoms with Crippen LogP contribution in [0.5, 0.6) is 0 Å². The molecule has 0 bridgehead atoms. The summed E-state index contributed by atoms with van der Waals surface area (Å²) in [5, 5.41) is 3.06. The highest BCUT2D eigenvalue weighted by molar-refractivity contribution is 5.88. The molecule has 3 fully saturated rings. The van der Waals surface area contributed by atoms with Crippen molar-refractivity contribution in [2.45, 2.75) is 88.3 Å². The molecule has 32 heavy (non-hydrogen) atoms. The fourth-order valence-corrected chi connectivity index (χ4v) is 6.16. The van der Waals surface area contributed by atoms with E-state index in [0.29, 0.717) is 18.8 Å². The van der Waals surface area contributed by atoms with E-state index >= 15 is 4.39 Å². The van der Waals surface area contributed by atoms with E-state index in [4.69, 9.17) is 4.74 Å². The SMILES string of the molecule is CC1(C)CC(CN2CCC(F)(CNC(=O)C3(c4ccccc4)CCCCC3)CC2)CCO1. The summed E-state index contributed by atoms with van der Waals surface area (Å²) in [6.07, 6.45) is 8.17. The Labute approximate surface area is 193 Å². The zero-order valence-electron chi connectivity index (χ0n) is 20.0. The first-order valence-corrected chi connectivity index (χ1v) is 12.7. The summed E-state index contributed by atoms with van der Waals surface area (Å²) in [6.45, 7) is 7.87. The Morgan fingerprint density at radius 2 is 1.78 bits per heavy atom. The molecule has 1 aromatic rings. The van der Waals surface area contributed by atoms with E-state index in [-0.39, 0.29) is 18.1 Å². The molecule has 4 rings (SSSR count). The maximum absolute atomic E-state index is 15.6. The molecule has 2 aliphatic heterocycles. The van der Waals surface area contributed by atoms with Crippen molar-refractivity contribution in [2.75, 3.05) is 32.8 Å². The summed E-state index contributed by atoms with van der Waals surface area (Å²) in [5.41, 5.74) is -0.750. The molecule has 178 valence electrons. The molecule has 1 atom stereocenters. The molecule has 2 saturated heterocycles. The Balaban J connectivity index is 1.30. The second-order valence-corrected chi connectivity index (χ2v) is 11.1. The van der Waals surface area contributed by atoms with Crippen LogP contribution in [0.25, 0.3) is 0 Å². The average molecular weight is 445 g/mol. The van der Waals surface area contributed by atoms with E-state index in [9.17, 15) is 4.79 Å². The number of halogens is 1. The van der Waals surface area contributed by atoms with Gasteiger partial charge in [0.15, 0.2) is 0 Å². The largest absolute Gasteiger partial charge is 0.376 e. The monoisotopic (exact) mass is 444 g/mol. The molecule has 4 nitrogen and oxygen atoms in total. The fourth-order valence-electron chi connectivity index (χ4n) is 6.16. The van der Waals surface area contributed by atoms with Crippen LogP contribution in [0.15, 0.2) is 30.3 Å². The first-order valence-electron chi connectivity index (χ1n) is 12.7. The number of nitrogens with zero attached hydrogens (tertiary/aromatic N) is 1. The summed E-state index contributed by atoms with van der Waals surface area (Å²) in [7, 11) is 0. The minimum absolute atomic E-state index is 0.0206. The third kappa shape index (κ3) is 5.53. The highest BCUT2D eigenvalue weighted by Gasteiger charge is 2.43. The van der Waals surface area contributed by atoms with E-state index in [1.807, 2.05) is 18.2 Å². The van der Waals surface area contributed by atoms with Gasteiger partial charge in [-0.15, -0.1) is 0 Å². The van der Waals surface area contributed by atoms with Crippen LogP contribution in [0.1, 0.15) is 77.2 Å². The standard InChI is InChI=1S/C27H41FN2O2/c1-25(2)19-22(11-18-32-25)20-30-16-14-26(28,15-17-30)21-29-24(31)27(12-7-4-8-13-27)23-9-5-3-6-10-23/h3,5-6,9-10,22H,4,7-8,11-21H2,1-2H3,(H,29,31). The molecule has 3 aliphatic rings. The smallest absolute Gasteiger partial charge is 0.230 e. The second-order valence-electron chi connectivity index (χ2n) is 11.1. The highest BCUT2D eigenvalue weighted by Crippen LogP contribution is 2.40. The lowest BCUT2D eigenvalue weighted by molar-refractivity contribution is -0.129. The lowest BCUT2D eigenvalue weighted by atomic mass is 9.68. The van der Waals surface area contributed by atoms with E-state index < -0.39 is 11.1 Å². The van der Waals surface area contributed by atoms with E-state index in [1.165, 1.54) is 6.42 Å². The highest BCUT2D eigenvalue weighted by atomic mass is 19.1. The molecule has 0 spiro atoms. The summed E-state index contributed by atoms with van der Waals surface area (Å²) >= 11 is 0. The first-order chi connectivity index (χ1) is 15.3. The number of rotatable bonds is 6. The van der Waals surface area contributed by atoms with Crippen LogP contribution in [-0.2, 0) is 14.9 Å². The number of benzene rings is 1. The maximum atomic E-state index is 15.6.